The van der Waals surface area contributed by atoms with Crippen LogP contribution in [0.2, 0.25) is 0 Å². The van der Waals surface area contributed by atoms with Crippen molar-refractivity contribution in [1.82, 2.24) is 10.2 Å². The molecule has 2 rings (SSSR count). The lowest BCUT2D eigenvalue weighted by molar-refractivity contribution is 0.0988. The van der Waals surface area contributed by atoms with Crippen LogP contribution >= 0.6 is 11.3 Å². The SMILES string of the molecule is Cc1ccc(CN2CC(C)(C)NCC2C)s1. The van der Waals surface area contributed by atoms with Gasteiger partial charge in [-0.3, -0.25) is 4.90 Å². The quantitative estimate of drug-likeness (QED) is 0.852. The van der Waals surface area contributed by atoms with E-state index < -0.39 is 0 Å². The normalized spacial score (nSPS) is 25.9. The number of hydrogen-bond acceptors (Lipinski definition) is 3. The van der Waals surface area contributed by atoms with Crippen LogP contribution in [-0.2, 0) is 6.54 Å². The van der Waals surface area contributed by atoms with Gasteiger partial charge in [-0.25, -0.2) is 0 Å². The van der Waals surface area contributed by atoms with Crippen LogP contribution < -0.4 is 5.32 Å². The van der Waals surface area contributed by atoms with Crippen molar-refractivity contribution in [1.29, 1.82) is 0 Å². The first-order valence-electron chi connectivity index (χ1n) is 6.01. The predicted molar refractivity (Wildman–Crippen MR) is 71.0 cm³/mol. The van der Waals surface area contributed by atoms with Gasteiger partial charge >= 0.3 is 0 Å². The Bertz CT molecular complexity index is 357. The van der Waals surface area contributed by atoms with Gasteiger partial charge in [-0.1, -0.05) is 0 Å². The van der Waals surface area contributed by atoms with E-state index in [1.165, 1.54) is 9.75 Å². The molecule has 2 heterocycles. The standard InChI is InChI=1S/C13H22N2S/c1-10-7-14-13(3,4)9-15(10)8-12-6-5-11(2)16-12/h5-6,10,14H,7-9H2,1-4H3. The molecular formula is C13H22N2S. The molecule has 1 aromatic heterocycles. The van der Waals surface area contributed by atoms with Gasteiger partial charge in [0, 0.05) is 41.0 Å². The summed E-state index contributed by atoms with van der Waals surface area (Å²) < 4.78 is 0. The molecule has 1 saturated heterocycles. The van der Waals surface area contributed by atoms with Gasteiger partial charge in [0.25, 0.3) is 0 Å². The molecular weight excluding hydrogens is 216 g/mol. The summed E-state index contributed by atoms with van der Waals surface area (Å²) in [4.78, 5) is 5.49. The van der Waals surface area contributed by atoms with Crippen molar-refractivity contribution < 1.29 is 0 Å². The Balaban J connectivity index is 2.02. The van der Waals surface area contributed by atoms with E-state index in [9.17, 15) is 0 Å². The van der Waals surface area contributed by atoms with Gasteiger partial charge in [0.2, 0.25) is 0 Å². The summed E-state index contributed by atoms with van der Waals surface area (Å²) in [7, 11) is 0. The van der Waals surface area contributed by atoms with Gasteiger partial charge < -0.3 is 5.32 Å². The minimum atomic E-state index is 0.249. The zero-order valence-electron chi connectivity index (χ0n) is 10.7. The lowest BCUT2D eigenvalue weighted by atomic mass is 9.99. The Morgan fingerprint density at radius 3 is 2.88 bits per heavy atom. The largest absolute Gasteiger partial charge is 0.309 e. The van der Waals surface area contributed by atoms with Crippen molar-refractivity contribution in [2.45, 2.75) is 45.8 Å². The second-order valence-electron chi connectivity index (χ2n) is 5.53. The molecule has 1 fully saturated rings. The fourth-order valence-electron chi connectivity index (χ4n) is 2.25. The summed E-state index contributed by atoms with van der Waals surface area (Å²) in [5, 5.41) is 3.59. The van der Waals surface area contributed by atoms with Crippen LogP contribution in [0.5, 0.6) is 0 Å². The van der Waals surface area contributed by atoms with E-state index in [4.69, 9.17) is 0 Å². The number of rotatable bonds is 2. The number of hydrogen-bond donors (Lipinski definition) is 1. The third-order valence-corrected chi connectivity index (χ3v) is 4.24. The maximum atomic E-state index is 3.59. The molecule has 1 aromatic rings. The number of aryl methyl sites for hydroxylation is 1. The van der Waals surface area contributed by atoms with Crippen molar-refractivity contribution in [3.63, 3.8) is 0 Å². The van der Waals surface area contributed by atoms with Gasteiger partial charge in [0.1, 0.15) is 0 Å². The first-order valence-corrected chi connectivity index (χ1v) is 6.82. The average molecular weight is 238 g/mol. The third kappa shape index (κ3) is 2.84. The van der Waals surface area contributed by atoms with Crippen molar-refractivity contribution in [3.05, 3.63) is 21.9 Å². The fourth-order valence-corrected chi connectivity index (χ4v) is 3.17. The highest BCUT2D eigenvalue weighted by Crippen LogP contribution is 2.21. The molecule has 0 spiro atoms. The van der Waals surface area contributed by atoms with Crippen molar-refractivity contribution in [2.24, 2.45) is 0 Å². The molecule has 2 nitrogen and oxygen atoms in total. The predicted octanol–water partition coefficient (Wildman–Crippen LogP) is 2.63. The first-order chi connectivity index (χ1) is 7.46. The summed E-state index contributed by atoms with van der Waals surface area (Å²) in [5.74, 6) is 0. The van der Waals surface area contributed by atoms with Crippen LogP contribution in [0.1, 0.15) is 30.5 Å². The lowest BCUT2D eigenvalue weighted by Gasteiger charge is -2.43. The highest BCUT2D eigenvalue weighted by Gasteiger charge is 2.30. The fraction of sp³-hybridized carbons (Fsp3) is 0.692. The molecule has 0 amide bonds. The number of piperazine rings is 1. The molecule has 1 unspecified atom stereocenters. The lowest BCUT2D eigenvalue weighted by Crippen LogP contribution is -2.60. The van der Waals surface area contributed by atoms with Gasteiger partial charge in [0.15, 0.2) is 0 Å². The Hall–Kier alpha value is -0.380. The summed E-state index contributed by atoms with van der Waals surface area (Å²) in [6, 6.07) is 5.12. The van der Waals surface area contributed by atoms with Crippen LogP contribution in [0.4, 0.5) is 0 Å². The highest BCUT2D eigenvalue weighted by atomic mass is 32.1. The van der Waals surface area contributed by atoms with Gasteiger partial charge in [0.05, 0.1) is 0 Å². The van der Waals surface area contributed by atoms with Crippen molar-refractivity contribution in [3.8, 4) is 0 Å². The third-order valence-electron chi connectivity index (χ3n) is 3.25. The Morgan fingerprint density at radius 2 is 2.25 bits per heavy atom. The van der Waals surface area contributed by atoms with Crippen LogP contribution in [0, 0.1) is 6.92 Å². The molecule has 16 heavy (non-hydrogen) atoms. The van der Waals surface area contributed by atoms with Gasteiger partial charge in [-0.2, -0.15) is 0 Å². The minimum Gasteiger partial charge on any atom is -0.309 e. The summed E-state index contributed by atoms with van der Waals surface area (Å²) >= 11 is 1.92. The first kappa shape index (κ1) is 12.1. The molecule has 0 aliphatic carbocycles. The van der Waals surface area contributed by atoms with E-state index in [0.717, 1.165) is 19.6 Å². The zero-order chi connectivity index (χ0) is 11.8. The van der Waals surface area contributed by atoms with E-state index >= 15 is 0 Å². The Morgan fingerprint density at radius 1 is 1.50 bits per heavy atom. The number of nitrogens with zero attached hydrogens (tertiary/aromatic N) is 1. The monoisotopic (exact) mass is 238 g/mol. The van der Waals surface area contributed by atoms with Crippen molar-refractivity contribution in [2.75, 3.05) is 13.1 Å². The molecule has 1 atom stereocenters. The zero-order valence-corrected chi connectivity index (χ0v) is 11.5. The Labute approximate surface area is 103 Å². The summed E-state index contributed by atoms with van der Waals surface area (Å²) in [5.41, 5.74) is 0.249. The summed E-state index contributed by atoms with van der Waals surface area (Å²) in [6.45, 7) is 12.4. The van der Waals surface area contributed by atoms with E-state index in [-0.39, 0.29) is 5.54 Å². The van der Waals surface area contributed by atoms with Crippen LogP contribution in [0.15, 0.2) is 12.1 Å². The molecule has 1 aliphatic rings. The van der Waals surface area contributed by atoms with E-state index in [2.05, 4.69) is 50.0 Å². The molecule has 0 bridgehead atoms. The molecule has 0 aromatic carbocycles. The van der Waals surface area contributed by atoms with Crippen molar-refractivity contribution >= 4 is 11.3 Å². The average Bonchev–Trinajstić information content (AvgIpc) is 2.58. The van der Waals surface area contributed by atoms with E-state index in [0.29, 0.717) is 6.04 Å². The molecule has 1 aliphatic heterocycles. The van der Waals surface area contributed by atoms with Crippen LogP contribution in [0.3, 0.4) is 0 Å². The Kier molecular flexibility index (Phi) is 3.38. The smallest absolute Gasteiger partial charge is 0.0332 e. The number of nitrogens with one attached hydrogen (secondary N) is 1. The second-order valence-corrected chi connectivity index (χ2v) is 6.90. The molecule has 0 radical (unpaired) electrons. The molecule has 0 saturated carbocycles. The maximum absolute atomic E-state index is 3.59. The number of thiophene rings is 1. The molecule has 3 heteroatoms. The molecule has 1 N–H and O–H groups in total. The maximum Gasteiger partial charge on any atom is 0.0332 e. The topological polar surface area (TPSA) is 15.3 Å². The second kappa shape index (κ2) is 4.47. The highest BCUT2D eigenvalue weighted by molar-refractivity contribution is 7.11. The van der Waals surface area contributed by atoms with E-state index in [1.807, 2.05) is 11.3 Å². The van der Waals surface area contributed by atoms with Gasteiger partial charge in [-0.15, -0.1) is 11.3 Å². The van der Waals surface area contributed by atoms with Crippen LogP contribution in [0.25, 0.3) is 0 Å². The summed E-state index contributed by atoms with van der Waals surface area (Å²) in [6.07, 6.45) is 0. The van der Waals surface area contributed by atoms with Gasteiger partial charge in [-0.05, 0) is 39.8 Å². The van der Waals surface area contributed by atoms with E-state index in [1.54, 1.807) is 0 Å². The molecule has 90 valence electrons. The minimum absolute atomic E-state index is 0.249. The van der Waals surface area contributed by atoms with Crippen LogP contribution in [-0.4, -0.2) is 29.6 Å².